The van der Waals surface area contributed by atoms with Gasteiger partial charge in [-0.1, -0.05) is 24.3 Å². The van der Waals surface area contributed by atoms with Gasteiger partial charge in [0, 0.05) is 18.7 Å². The van der Waals surface area contributed by atoms with Crippen molar-refractivity contribution in [2.75, 3.05) is 13.2 Å². The molecule has 0 bridgehead atoms. The van der Waals surface area contributed by atoms with Crippen LogP contribution < -0.4 is 0 Å². The molecule has 15 heavy (non-hydrogen) atoms. The zero-order chi connectivity index (χ0) is 10.5. The van der Waals surface area contributed by atoms with E-state index in [1.165, 1.54) is 11.1 Å². The summed E-state index contributed by atoms with van der Waals surface area (Å²) in [5, 5.41) is 0. The Bertz CT molecular complexity index is 385. The minimum Gasteiger partial charge on any atom is -0.467 e. The van der Waals surface area contributed by atoms with Gasteiger partial charge in [-0.2, -0.15) is 0 Å². The fraction of sp³-hybridized carbons (Fsp3) is 0.333. The minimum absolute atomic E-state index is 0.413. The van der Waals surface area contributed by atoms with Gasteiger partial charge in [0.2, 0.25) is 0 Å². The lowest BCUT2D eigenvalue weighted by molar-refractivity contribution is -0.128. The Morgan fingerprint density at radius 1 is 1.40 bits per heavy atom. The number of benzene rings is 1. The van der Waals surface area contributed by atoms with Crippen LogP contribution in [0.1, 0.15) is 17.5 Å². The van der Waals surface area contributed by atoms with E-state index >= 15 is 0 Å². The zero-order valence-corrected chi connectivity index (χ0v) is 8.48. The molecule has 1 aromatic rings. The number of carbonyl (C=O) groups is 1. The fourth-order valence-corrected chi connectivity index (χ4v) is 1.83. The van der Waals surface area contributed by atoms with Gasteiger partial charge in [-0.3, -0.25) is 9.79 Å². The molecule has 0 fully saturated rings. The van der Waals surface area contributed by atoms with Crippen LogP contribution >= 0.6 is 0 Å². The summed E-state index contributed by atoms with van der Waals surface area (Å²) >= 11 is 0. The molecule has 1 heterocycles. The Balaban J connectivity index is 2.12. The summed E-state index contributed by atoms with van der Waals surface area (Å²) in [5.41, 5.74) is 3.60. The molecule has 2 rings (SSSR count). The Kier molecular flexibility index (Phi) is 3.12. The van der Waals surface area contributed by atoms with Crippen LogP contribution in [0.4, 0.5) is 0 Å². The quantitative estimate of drug-likeness (QED) is 0.550. The number of fused-ring (bicyclic) bond motifs is 1. The second-order valence-corrected chi connectivity index (χ2v) is 3.45. The number of hydrogen-bond acceptors (Lipinski definition) is 3. The molecule has 0 atom stereocenters. The summed E-state index contributed by atoms with van der Waals surface area (Å²) in [6.07, 6.45) is 1.71. The topological polar surface area (TPSA) is 38.7 Å². The van der Waals surface area contributed by atoms with Crippen molar-refractivity contribution in [2.24, 2.45) is 4.99 Å². The lowest BCUT2D eigenvalue weighted by Crippen LogP contribution is -2.14. The van der Waals surface area contributed by atoms with Crippen LogP contribution in [-0.4, -0.2) is 25.3 Å². The summed E-state index contributed by atoms with van der Waals surface area (Å²) in [6.45, 7) is 1.74. The third kappa shape index (κ3) is 2.24. The highest BCUT2D eigenvalue weighted by Crippen LogP contribution is 2.17. The van der Waals surface area contributed by atoms with Crippen LogP contribution in [0, 0.1) is 0 Å². The first-order chi connectivity index (χ1) is 7.42. The molecule has 78 valence electrons. The van der Waals surface area contributed by atoms with Gasteiger partial charge in [0.1, 0.15) is 0 Å². The Labute approximate surface area is 88.8 Å². The van der Waals surface area contributed by atoms with E-state index in [9.17, 15) is 4.79 Å². The number of ether oxygens (including phenoxy) is 1. The average molecular weight is 203 g/mol. The summed E-state index contributed by atoms with van der Waals surface area (Å²) < 4.78 is 4.69. The molecule has 1 aliphatic heterocycles. The van der Waals surface area contributed by atoms with E-state index in [0.717, 1.165) is 18.7 Å². The molecule has 0 amide bonds. The molecule has 3 nitrogen and oxygen atoms in total. The monoisotopic (exact) mass is 203 g/mol. The zero-order valence-electron chi connectivity index (χ0n) is 8.48. The number of carbonyl (C=O) groups excluding carboxylic acids is 1. The van der Waals surface area contributed by atoms with Gasteiger partial charge >= 0.3 is 0 Å². The molecular weight excluding hydrogens is 190 g/mol. The lowest BCUT2D eigenvalue weighted by atomic mass is 9.96. The van der Waals surface area contributed by atoms with Crippen LogP contribution in [-0.2, 0) is 16.0 Å². The Hall–Kier alpha value is -1.64. The van der Waals surface area contributed by atoms with Crippen LogP contribution in [0.2, 0.25) is 0 Å². The summed E-state index contributed by atoms with van der Waals surface area (Å²) in [7, 11) is 0. The third-order valence-electron chi connectivity index (χ3n) is 2.54. The van der Waals surface area contributed by atoms with Gasteiger partial charge in [-0.05, 0) is 17.5 Å². The number of nitrogens with zero attached hydrogens (tertiary/aromatic N) is 1. The van der Waals surface area contributed by atoms with Crippen molar-refractivity contribution in [1.82, 2.24) is 0 Å². The van der Waals surface area contributed by atoms with E-state index in [1.807, 2.05) is 12.1 Å². The maximum absolute atomic E-state index is 10.0. The second kappa shape index (κ2) is 4.73. The van der Waals surface area contributed by atoms with E-state index in [1.54, 1.807) is 0 Å². The molecule has 3 heteroatoms. The molecule has 0 radical (unpaired) electrons. The largest absolute Gasteiger partial charge is 0.467 e. The van der Waals surface area contributed by atoms with Crippen LogP contribution in [0.15, 0.2) is 29.3 Å². The van der Waals surface area contributed by atoms with Gasteiger partial charge in [0.15, 0.2) is 0 Å². The maximum Gasteiger partial charge on any atom is 0.293 e. The van der Waals surface area contributed by atoms with Gasteiger partial charge in [-0.25, -0.2) is 0 Å². The van der Waals surface area contributed by atoms with Crippen LogP contribution in [0.5, 0.6) is 0 Å². The fourth-order valence-electron chi connectivity index (χ4n) is 1.83. The van der Waals surface area contributed by atoms with Crippen molar-refractivity contribution in [3.63, 3.8) is 0 Å². The predicted molar refractivity (Wildman–Crippen MR) is 58.2 cm³/mol. The molecular formula is C12H13NO2. The predicted octanol–water partition coefficient (Wildman–Crippen LogP) is 1.59. The van der Waals surface area contributed by atoms with Crippen LogP contribution in [0.25, 0.3) is 0 Å². The molecule has 0 N–H and O–H groups in total. The highest BCUT2D eigenvalue weighted by Gasteiger charge is 2.12. The minimum atomic E-state index is 0.413. The molecule has 0 spiro atoms. The summed E-state index contributed by atoms with van der Waals surface area (Å²) in [6, 6.07) is 8.27. The Morgan fingerprint density at radius 3 is 3.13 bits per heavy atom. The molecule has 0 unspecified atom stereocenters. The third-order valence-corrected chi connectivity index (χ3v) is 2.54. The first-order valence-electron chi connectivity index (χ1n) is 5.08. The highest BCUT2D eigenvalue weighted by molar-refractivity contribution is 6.02. The first kappa shape index (κ1) is 9.90. The van der Waals surface area contributed by atoms with Gasteiger partial charge in [-0.15, -0.1) is 0 Å². The maximum atomic E-state index is 10.0. The molecule has 0 aromatic heterocycles. The Morgan fingerprint density at radius 2 is 2.27 bits per heavy atom. The summed E-state index contributed by atoms with van der Waals surface area (Å²) in [5.74, 6) is 0. The van der Waals surface area contributed by atoms with Crippen molar-refractivity contribution in [1.29, 1.82) is 0 Å². The lowest BCUT2D eigenvalue weighted by Gasteiger charge is -2.16. The smallest absolute Gasteiger partial charge is 0.293 e. The van der Waals surface area contributed by atoms with Crippen LogP contribution in [0.3, 0.4) is 0 Å². The standard InChI is InChI=1S/C12H13NO2/c14-9-15-8-6-12-11-4-2-1-3-10(11)5-7-13-12/h1-4,9H,5-8H2. The molecule has 0 saturated carbocycles. The van der Waals surface area contributed by atoms with Crippen molar-refractivity contribution in [3.05, 3.63) is 35.4 Å². The highest BCUT2D eigenvalue weighted by atomic mass is 16.5. The van der Waals surface area contributed by atoms with Crippen molar-refractivity contribution in [2.45, 2.75) is 12.8 Å². The average Bonchev–Trinajstić information content (AvgIpc) is 2.30. The van der Waals surface area contributed by atoms with Gasteiger partial charge in [0.25, 0.3) is 6.47 Å². The van der Waals surface area contributed by atoms with Crippen molar-refractivity contribution < 1.29 is 9.53 Å². The van der Waals surface area contributed by atoms with E-state index in [0.29, 0.717) is 19.5 Å². The SMILES string of the molecule is O=COCCC1=NCCc2ccccc21. The molecule has 1 aromatic carbocycles. The molecule has 0 saturated heterocycles. The van der Waals surface area contributed by atoms with E-state index in [4.69, 9.17) is 0 Å². The number of hydrogen-bond donors (Lipinski definition) is 0. The first-order valence-corrected chi connectivity index (χ1v) is 5.08. The molecule has 0 aliphatic carbocycles. The number of aliphatic imine (C=N–C) groups is 1. The molecule has 1 aliphatic rings. The second-order valence-electron chi connectivity index (χ2n) is 3.45. The van der Waals surface area contributed by atoms with E-state index in [2.05, 4.69) is 21.9 Å². The normalized spacial score (nSPS) is 14.0. The van der Waals surface area contributed by atoms with Crippen molar-refractivity contribution in [3.8, 4) is 0 Å². The van der Waals surface area contributed by atoms with Gasteiger partial charge in [0.05, 0.1) is 6.61 Å². The van der Waals surface area contributed by atoms with E-state index in [-0.39, 0.29) is 0 Å². The van der Waals surface area contributed by atoms with Gasteiger partial charge < -0.3 is 4.74 Å². The van der Waals surface area contributed by atoms with E-state index < -0.39 is 0 Å². The number of rotatable bonds is 4. The summed E-state index contributed by atoms with van der Waals surface area (Å²) in [4.78, 5) is 14.5. The van der Waals surface area contributed by atoms with Crippen molar-refractivity contribution >= 4 is 12.2 Å².